The van der Waals surface area contributed by atoms with Crippen molar-refractivity contribution in [3.63, 3.8) is 0 Å². The van der Waals surface area contributed by atoms with Crippen LogP contribution in [0, 0.1) is 0 Å². The van der Waals surface area contributed by atoms with Crippen molar-refractivity contribution in [1.29, 1.82) is 0 Å². The van der Waals surface area contributed by atoms with Gasteiger partial charge in [-0.1, -0.05) is 49.1 Å². The summed E-state index contributed by atoms with van der Waals surface area (Å²) in [4.78, 5) is 12.9. The Bertz CT molecular complexity index is 626. The quantitative estimate of drug-likeness (QED) is 0.668. The van der Waals surface area contributed by atoms with Gasteiger partial charge in [0.2, 0.25) is 0 Å². The van der Waals surface area contributed by atoms with Crippen molar-refractivity contribution in [2.75, 3.05) is 6.54 Å². The van der Waals surface area contributed by atoms with E-state index < -0.39 is 0 Å². The van der Waals surface area contributed by atoms with Crippen LogP contribution < -0.4 is 0 Å². The lowest BCUT2D eigenvalue weighted by Crippen LogP contribution is -2.20. The third-order valence-corrected chi connectivity index (χ3v) is 3.51. The molecule has 1 aliphatic heterocycles. The van der Waals surface area contributed by atoms with E-state index in [4.69, 9.17) is 4.74 Å². The van der Waals surface area contributed by atoms with Gasteiger partial charge >= 0.3 is 0 Å². The van der Waals surface area contributed by atoms with Gasteiger partial charge in [0.05, 0.1) is 5.70 Å². The molecule has 1 aliphatic rings. The second-order valence-electron chi connectivity index (χ2n) is 5.46. The summed E-state index contributed by atoms with van der Waals surface area (Å²) in [5, 5.41) is 0. The van der Waals surface area contributed by atoms with Crippen molar-refractivity contribution >= 4 is 5.78 Å². The summed E-state index contributed by atoms with van der Waals surface area (Å²) >= 11 is 0. The molecule has 0 spiro atoms. The van der Waals surface area contributed by atoms with Crippen LogP contribution in [0.4, 0.5) is 0 Å². The van der Waals surface area contributed by atoms with Crippen molar-refractivity contribution in [3.05, 3.63) is 84.4 Å². The van der Waals surface area contributed by atoms with E-state index in [1.807, 2.05) is 59.7 Å². The third-order valence-electron chi connectivity index (χ3n) is 3.51. The van der Waals surface area contributed by atoms with Gasteiger partial charge in [0, 0.05) is 19.2 Å². The van der Waals surface area contributed by atoms with Crippen LogP contribution >= 0.6 is 0 Å². The Morgan fingerprint density at radius 2 is 2.04 bits per heavy atom. The van der Waals surface area contributed by atoms with Gasteiger partial charge in [0.1, 0.15) is 18.1 Å². The minimum absolute atomic E-state index is 0.219. The fourth-order valence-electron chi connectivity index (χ4n) is 2.19. The highest BCUT2D eigenvalue weighted by atomic mass is 16.5. The van der Waals surface area contributed by atoms with E-state index in [1.165, 1.54) is 0 Å². The van der Waals surface area contributed by atoms with Crippen LogP contribution in [0.5, 0.6) is 0 Å². The first kappa shape index (κ1) is 16.8. The Kier molecular flexibility index (Phi) is 6.42. The van der Waals surface area contributed by atoms with E-state index in [0.29, 0.717) is 13.0 Å². The fraction of sp³-hybridized carbons (Fsp3) is 0.250. The number of allylic oxidation sites excluding steroid dienone is 3. The summed E-state index contributed by atoms with van der Waals surface area (Å²) in [6, 6.07) is 10.1. The maximum Gasteiger partial charge on any atom is 0.142 e. The first-order valence-electron chi connectivity index (χ1n) is 7.82. The first-order chi connectivity index (χ1) is 11.2. The molecule has 0 fully saturated rings. The first-order valence-corrected chi connectivity index (χ1v) is 7.82. The van der Waals surface area contributed by atoms with Gasteiger partial charge in [-0.2, -0.15) is 0 Å². The Balaban J connectivity index is 1.82. The molecule has 0 saturated heterocycles. The number of hydrogen-bond acceptors (Lipinski definition) is 3. The number of rotatable bonds is 8. The molecule has 3 nitrogen and oxygen atoms in total. The maximum absolute atomic E-state index is 10.9. The molecule has 0 radical (unpaired) electrons. The Hall–Kier alpha value is -2.55. The molecule has 120 valence electrons. The number of nitrogens with zero attached hydrogens (tertiary/aromatic N) is 1. The molecule has 0 saturated carbocycles. The lowest BCUT2D eigenvalue weighted by molar-refractivity contribution is -0.116. The topological polar surface area (TPSA) is 29.5 Å². The van der Waals surface area contributed by atoms with Crippen LogP contribution in [0.1, 0.15) is 25.3 Å². The van der Waals surface area contributed by atoms with Crippen LogP contribution in [-0.4, -0.2) is 17.2 Å². The Morgan fingerprint density at radius 1 is 1.26 bits per heavy atom. The highest BCUT2D eigenvalue weighted by Gasteiger charge is 2.13. The second kappa shape index (κ2) is 8.79. The highest BCUT2D eigenvalue weighted by molar-refractivity contribution is 5.75. The van der Waals surface area contributed by atoms with E-state index in [2.05, 4.69) is 12.7 Å². The molecule has 0 aliphatic carbocycles. The lowest BCUT2D eigenvalue weighted by atomic mass is 10.2. The zero-order valence-corrected chi connectivity index (χ0v) is 13.6. The van der Waals surface area contributed by atoms with Gasteiger partial charge in [-0.15, -0.1) is 0 Å². The summed E-state index contributed by atoms with van der Waals surface area (Å²) in [6.07, 6.45) is 11.3. The van der Waals surface area contributed by atoms with E-state index in [9.17, 15) is 4.79 Å². The Labute approximate surface area is 138 Å². The molecule has 0 atom stereocenters. The van der Waals surface area contributed by atoms with Crippen molar-refractivity contribution in [2.24, 2.45) is 0 Å². The highest BCUT2D eigenvalue weighted by Crippen LogP contribution is 2.21. The number of ether oxygens (including phenoxy) is 1. The van der Waals surface area contributed by atoms with Gasteiger partial charge in [-0.3, -0.25) is 0 Å². The summed E-state index contributed by atoms with van der Waals surface area (Å²) in [5.74, 6) is 1.00. The number of Topliss-reactive ketones (excluding diaryl/α,β-unsaturated/α-hetero) is 1. The molecule has 1 aromatic rings. The van der Waals surface area contributed by atoms with Crippen LogP contribution in [0.15, 0.2) is 78.9 Å². The molecule has 3 heteroatoms. The predicted molar refractivity (Wildman–Crippen MR) is 93.4 cm³/mol. The molecule has 0 N–H and O–H groups in total. The lowest BCUT2D eigenvalue weighted by Gasteiger charge is -2.26. The maximum atomic E-state index is 10.9. The van der Waals surface area contributed by atoms with Gasteiger partial charge in [-0.25, -0.2) is 0 Å². The van der Waals surface area contributed by atoms with Crippen LogP contribution in [0.3, 0.4) is 0 Å². The summed E-state index contributed by atoms with van der Waals surface area (Å²) < 4.78 is 5.87. The van der Waals surface area contributed by atoms with Crippen molar-refractivity contribution in [3.8, 4) is 0 Å². The van der Waals surface area contributed by atoms with Gasteiger partial charge in [0.25, 0.3) is 0 Å². The van der Waals surface area contributed by atoms with Crippen molar-refractivity contribution in [2.45, 2.75) is 26.4 Å². The average molecular weight is 309 g/mol. The summed E-state index contributed by atoms with van der Waals surface area (Å²) in [7, 11) is 0. The third kappa shape index (κ3) is 5.62. The molecule has 0 aromatic heterocycles. The molecule has 1 heterocycles. The molecule has 1 aromatic carbocycles. The predicted octanol–water partition coefficient (Wildman–Crippen LogP) is 4.36. The smallest absolute Gasteiger partial charge is 0.142 e. The van der Waals surface area contributed by atoms with E-state index >= 15 is 0 Å². The number of carbonyl (C=O) groups is 1. The van der Waals surface area contributed by atoms with Gasteiger partial charge < -0.3 is 14.4 Å². The zero-order valence-electron chi connectivity index (χ0n) is 13.6. The van der Waals surface area contributed by atoms with E-state index in [1.54, 1.807) is 6.92 Å². The van der Waals surface area contributed by atoms with E-state index in [-0.39, 0.29) is 5.78 Å². The summed E-state index contributed by atoms with van der Waals surface area (Å²) in [5.41, 5.74) is 1.98. The molecular formula is C20H23NO2. The van der Waals surface area contributed by atoms with Gasteiger partial charge in [-0.05, 0) is 31.1 Å². The monoisotopic (exact) mass is 309 g/mol. The average Bonchev–Trinajstić information content (AvgIpc) is 2.55. The molecular weight excluding hydrogens is 286 g/mol. The minimum atomic E-state index is 0.219. The number of hydrogen-bond donors (Lipinski definition) is 0. The minimum Gasteiger partial charge on any atom is -0.487 e. The zero-order chi connectivity index (χ0) is 16.5. The second-order valence-corrected chi connectivity index (χ2v) is 5.46. The molecule has 0 unspecified atom stereocenters. The largest absolute Gasteiger partial charge is 0.487 e. The van der Waals surface area contributed by atoms with Crippen LogP contribution in [0.25, 0.3) is 0 Å². The summed E-state index contributed by atoms with van der Waals surface area (Å²) in [6.45, 7) is 6.98. The molecule has 0 bridgehead atoms. The van der Waals surface area contributed by atoms with Crippen molar-refractivity contribution in [1.82, 2.24) is 4.90 Å². The van der Waals surface area contributed by atoms with Gasteiger partial charge in [0.15, 0.2) is 0 Å². The van der Waals surface area contributed by atoms with Crippen LogP contribution in [0.2, 0.25) is 0 Å². The normalized spacial score (nSPS) is 14.2. The Morgan fingerprint density at radius 3 is 2.78 bits per heavy atom. The van der Waals surface area contributed by atoms with Crippen molar-refractivity contribution < 1.29 is 9.53 Å². The molecule has 2 rings (SSSR count). The molecule has 0 amide bonds. The number of carbonyl (C=O) groups excluding carboxylic acids is 1. The number of benzene rings is 1. The standard InChI is InChI=1S/C20H23NO2/c1-17(22)10-5-4-8-14-21-15-9-13-20(18(21)2)23-16-19-11-6-3-7-12-19/h3-4,6-9,11-13,15H,2,5,10,14,16H2,1H3/b8-4-. The molecule has 23 heavy (non-hydrogen) atoms. The SMILES string of the molecule is C=C1C(OCc2ccccc2)=CC=CN1C/C=C\CCC(C)=O. The number of ketones is 1. The van der Waals surface area contributed by atoms with Crippen LogP contribution in [-0.2, 0) is 16.1 Å². The van der Waals surface area contributed by atoms with E-state index in [0.717, 1.165) is 30.0 Å². The fourth-order valence-corrected chi connectivity index (χ4v) is 2.19.